The number of hydrogen-bond donors (Lipinski definition) is 4. The number of likely N-dealkylation sites (tertiary alicyclic amines) is 1. The molecule has 0 unspecified atom stereocenters. The highest BCUT2D eigenvalue weighted by Gasteiger charge is 2.36. The second kappa shape index (κ2) is 15.0. The maximum absolute atomic E-state index is 13.1. The van der Waals surface area contributed by atoms with Gasteiger partial charge in [-0.2, -0.15) is 0 Å². The summed E-state index contributed by atoms with van der Waals surface area (Å²) in [5.74, 6) is -2.04. The van der Waals surface area contributed by atoms with Crippen LogP contribution in [-0.2, 0) is 23.9 Å². The van der Waals surface area contributed by atoms with Crippen molar-refractivity contribution in [3.63, 3.8) is 0 Å². The quantitative estimate of drug-likeness (QED) is 0.214. The van der Waals surface area contributed by atoms with Gasteiger partial charge in [-0.1, -0.05) is 32.0 Å². The largest absolute Gasteiger partial charge is 1.00 e. The first-order chi connectivity index (χ1) is 16.6. The minimum absolute atomic E-state index is 0. The molecule has 4 amide bonds. The lowest BCUT2D eigenvalue weighted by atomic mass is 10.0. The average Bonchev–Trinajstić information content (AvgIpc) is 3.35. The van der Waals surface area contributed by atoms with Crippen molar-refractivity contribution in [1.82, 2.24) is 20.9 Å². The number of hydrogen-bond acceptors (Lipinski definition) is 6. The Labute approximate surface area is 217 Å². The number of quaternary nitrogens is 1. The molecule has 1 aliphatic heterocycles. The number of halogens is 1. The summed E-state index contributed by atoms with van der Waals surface area (Å²) in [5.41, 5.74) is 4.09. The smallest absolute Gasteiger partial charge is 0.366 e. The Morgan fingerprint density at radius 2 is 1.78 bits per heavy atom. The van der Waals surface area contributed by atoms with Gasteiger partial charge in [0, 0.05) is 12.1 Å². The van der Waals surface area contributed by atoms with Crippen LogP contribution in [0.3, 0.4) is 0 Å². The molecule has 1 aromatic carbocycles. The first-order valence-corrected chi connectivity index (χ1v) is 11.8. The SMILES string of the molecule is COC(=O)[C@@H]([NH3+])CNC(=O)[C@H](CC(C)C)NC(=O)[C@@H]1CCCN1C(=O)CNC(=O)c1ccccc1.[Cl-]. The van der Waals surface area contributed by atoms with Crippen molar-refractivity contribution >= 4 is 29.6 Å². The molecule has 3 atom stereocenters. The van der Waals surface area contributed by atoms with E-state index in [0.29, 0.717) is 31.4 Å². The maximum atomic E-state index is 13.1. The van der Waals surface area contributed by atoms with E-state index < -0.39 is 35.9 Å². The Morgan fingerprint density at radius 3 is 2.39 bits per heavy atom. The van der Waals surface area contributed by atoms with Crippen LogP contribution in [0.4, 0.5) is 0 Å². The number of methoxy groups -OCH3 is 1. The zero-order valence-electron chi connectivity index (χ0n) is 20.9. The lowest BCUT2D eigenvalue weighted by molar-refractivity contribution is -0.405. The first kappa shape index (κ1) is 30.9. The Morgan fingerprint density at radius 1 is 1.11 bits per heavy atom. The summed E-state index contributed by atoms with van der Waals surface area (Å²) >= 11 is 0. The fourth-order valence-electron chi connectivity index (χ4n) is 3.85. The molecule has 2 rings (SSSR count). The molecule has 1 aliphatic rings. The molecule has 0 aromatic heterocycles. The lowest BCUT2D eigenvalue weighted by Gasteiger charge is -2.27. The Kier molecular flexibility index (Phi) is 12.9. The Balaban J connectivity index is 0.00000648. The molecule has 36 heavy (non-hydrogen) atoms. The van der Waals surface area contributed by atoms with Gasteiger partial charge in [0.2, 0.25) is 17.7 Å². The van der Waals surface area contributed by atoms with Crippen LogP contribution >= 0.6 is 0 Å². The van der Waals surface area contributed by atoms with Gasteiger partial charge in [0.25, 0.3) is 5.91 Å². The Hall–Kier alpha value is -3.18. The van der Waals surface area contributed by atoms with Crippen molar-refractivity contribution in [3.05, 3.63) is 35.9 Å². The van der Waals surface area contributed by atoms with Crippen molar-refractivity contribution in [2.75, 3.05) is 26.7 Å². The third-order valence-electron chi connectivity index (χ3n) is 5.71. The van der Waals surface area contributed by atoms with E-state index in [0.717, 1.165) is 0 Å². The number of ether oxygens (including phenoxy) is 1. The van der Waals surface area contributed by atoms with Crippen LogP contribution in [0.5, 0.6) is 0 Å². The van der Waals surface area contributed by atoms with Crippen molar-refractivity contribution in [3.8, 4) is 0 Å². The van der Waals surface area contributed by atoms with Gasteiger partial charge in [0.05, 0.1) is 20.2 Å². The molecule has 0 bridgehead atoms. The van der Waals surface area contributed by atoms with Crippen LogP contribution in [0.2, 0.25) is 0 Å². The molecule has 12 heteroatoms. The molecule has 1 aromatic rings. The number of amides is 4. The second-order valence-corrected chi connectivity index (χ2v) is 8.95. The minimum Gasteiger partial charge on any atom is -1.00 e. The van der Waals surface area contributed by atoms with E-state index in [1.807, 2.05) is 13.8 Å². The van der Waals surface area contributed by atoms with Gasteiger partial charge in [-0.25, -0.2) is 4.79 Å². The molecule has 0 radical (unpaired) electrons. The van der Waals surface area contributed by atoms with Crippen LogP contribution < -0.4 is 34.1 Å². The van der Waals surface area contributed by atoms with Crippen molar-refractivity contribution < 1.29 is 46.9 Å². The van der Waals surface area contributed by atoms with E-state index in [1.54, 1.807) is 30.3 Å². The Bertz CT molecular complexity index is 914. The minimum atomic E-state index is -0.831. The highest BCUT2D eigenvalue weighted by molar-refractivity contribution is 5.97. The molecule has 6 N–H and O–H groups in total. The first-order valence-electron chi connectivity index (χ1n) is 11.8. The summed E-state index contributed by atoms with van der Waals surface area (Å²) in [7, 11) is 1.24. The van der Waals surface area contributed by atoms with E-state index in [9.17, 15) is 24.0 Å². The van der Waals surface area contributed by atoms with Crippen LogP contribution in [0, 0.1) is 5.92 Å². The van der Waals surface area contributed by atoms with E-state index in [4.69, 9.17) is 0 Å². The standard InChI is InChI=1S/C24H35N5O6.ClH/c1-15(2)12-18(22(32)26-13-17(25)24(34)35-3)28-23(33)19-10-7-11-29(19)20(30)14-27-21(31)16-8-5-4-6-9-16;/h4-6,8-9,15,17-19H,7,10-14,25H2,1-3H3,(H,26,32)(H,27,31)(H,28,33);1H/t17-,18-,19-;/m0./s1. The summed E-state index contributed by atoms with van der Waals surface area (Å²) in [6.45, 7) is 3.98. The summed E-state index contributed by atoms with van der Waals surface area (Å²) in [6, 6.07) is 6.22. The normalized spacial score (nSPS) is 16.4. The van der Waals surface area contributed by atoms with E-state index >= 15 is 0 Å². The summed E-state index contributed by atoms with van der Waals surface area (Å²) in [4.78, 5) is 63.8. The molecule has 11 nitrogen and oxygen atoms in total. The van der Waals surface area contributed by atoms with E-state index in [-0.39, 0.29) is 43.2 Å². The zero-order valence-corrected chi connectivity index (χ0v) is 21.7. The van der Waals surface area contributed by atoms with E-state index in [1.165, 1.54) is 12.0 Å². The third kappa shape index (κ3) is 9.12. The molecule has 0 spiro atoms. The third-order valence-corrected chi connectivity index (χ3v) is 5.71. The zero-order chi connectivity index (χ0) is 26.0. The molecule has 1 saturated heterocycles. The molecule has 0 aliphatic carbocycles. The fraction of sp³-hybridized carbons (Fsp3) is 0.542. The van der Waals surface area contributed by atoms with Crippen molar-refractivity contribution in [2.24, 2.45) is 5.92 Å². The predicted octanol–water partition coefficient (Wildman–Crippen LogP) is -4.16. The van der Waals surface area contributed by atoms with Crippen LogP contribution in [-0.4, -0.2) is 79.4 Å². The highest BCUT2D eigenvalue weighted by atomic mass is 35.5. The van der Waals surface area contributed by atoms with Crippen LogP contribution in [0.15, 0.2) is 30.3 Å². The summed E-state index contributed by atoms with van der Waals surface area (Å²) < 4.78 is 4.61. The topological polar surface area (TPSA) is 162 Å². The summed E-state index contributed by atoms with van der Waals surface area (Å²) in [5, 5.41) is 7.99. The van der Waals surface area contributed by atoms with Gasteiger partial charge in [-0.05, 0) is 37.3 Å². The van der Waals surface area contributed by atoms with Gasteiger partial charge >= 0.3 is 5.97 Å². The second-order valence-electron chi connectivity index (χ2n) is 8.95. The van der Waals surface area contributed by atoms with Gasteiger partial charge < -0.3 is 43.7 Å². The number of carbonyl (C=O) groups excluding carboxylic acids is 5. The highest BCUT2D eigenvalue weighted by Crippen LogP contribution is 2.18. The number of benzene rings is 1. The number of nitrogens with one attached hydrogen (secondary N) is 3. The summed E-state index contributed by atoms with van der Waals surface area (Å²) in [6.07, 6.45) is 1.48. The van der Waals surface area contributed by atoms with Crippen LogP contribution in [0.1, 0.15) is 43.5 Å². The van der Waals surface area contributed by atoms with Gasteiger partial charge in [0.1, 0.15) is 12.1 Å². The van der Waals surface area contributed by atoms with Gasteiger partial charge in [-0.15, -0.1) is 0 Å². The van der Waals surface area contributed by atoms with Crippen molar-refractivity contribution in [1.29, 1.82) is 0 Å². The maximum Gasteiger partial charge on any atom is 0.366 e. The van der Waals surface area contributed by atoms with Crippen LogP contribution in [0.25, 0.3) is 0 Å². The molecule has 1 fully saturated rings. The monoisotopic (exact) mass is 525 g/mol. The number of rotatable bonds is 11. The van der Waals surface area contributed by atoms with Crippen molar-refractivity contribution in [2.45, 2.75) is 51.2 Å². The van der Waals surface area contributed by atoms with E-state index in [2.05, 4.69) is 26.4 Å². The molecule has 200 valence electrons. The lowest BCUT2D eigenvalue weighted by Crippen LogP contribution is -3.00. The number of nitrogens with zero attached hydrogens (tertiary/aromatic N) is 1. The molecule has 1 heterocycles. The fourth-order valence-corrected chi connectivity index (χ4v) is 3.85. The molecule has 0 saturated carbocycles. The number of esters is 1. The average molecular weight is 526 g/mol. The molecular weight excluding hydrogens is 490 g/mol. The number of carbonyl (C=O) groups is 5. The van der Waals surface area contributed by atoms with Gasteiger partial charge in [-0.3, -0.25) is 19.2 Å². The van der Waals surface area contributed by atoms with Gasteiger partial charge in [0.15, 0.2) is 6.04 Å². The predicted molar refractivity (Wildman–Crippen MR) is 127 cm³/mol. The molecular formula is C24H36ClN5O6.